The molecule has 0 radical (unpaired) electrons. The van der Waals surface area contributed by atoms with Crippen LogP contribution in [-0.4, -0.2) is 0 Å². The van der Waals surface area contributed by atoms with Crippen LogP contribution in [0.4, 0.5) is 4.39 Å². The van der Waals surface area contributed by atoms with E-state index in [1.54, 1.807) is 6.07 Å². The fourth-order valence-electron chi connectivity index (χ4n) is 3.55. The van der Waals surface area contributed by atoms with Gasteiger partial charge >= 0.3 is 0 Å². The van der Waals surface area contributed by atoms with Crippen LogP contribution < -0.4 is 11.3 Å². The van der Waals surface area contributed by atoms with Gasteiger partial charge in [0.15, 0.2) is 0 Å². The highest BCUT2D eigenvalue weighted by Gasteiger charge is 2.38. The second-order valence-electron chi connectivity index (χ2n) is 6.49. The van der Waals surface area contributed by atoms with E-state index in [0.29, 0.717) is 5.92 Å². The van der Waals surface area contributed by atoms with Crippen LogP contribution in [0.2, 0.25) is 0 Å². The quantitative estimate of drug-likeness (QED) is 0.642. The lowest BCUT2D eigenvalue weighted by Gasteiger charge is -2.43. The van der Waals surface area contributed by atoms with Crippen molar-refractivity contribution in [3.05, 3.63) is 35.1 Å². The first-order chi connectivity index (χ1) is 8.95. The molecule has 0 aromatic heterocycles. The third kappa shape index (κ3) is 2.98. The second-order valence-corrected chi connectivity index (χ2v) is 6.49. The molecule has 0 bridgehead atoms. The normalized spacial score (nSPS) is 24.2. The third-order valence-corrected chi connectivity index (χ3v) is 4.74. The molecule has 19 heavy (non-hydrogen) atoms. The predicted octanol–water partition coefficient (Wildman–Crippen LogP) is 3.85. The molecule has 1 aromatic carbocycles. The van der Waals surface area contributed by atoms with Crippen molar-refractivity contribution in [2.75, 3.05) is 0 Å². The molecule has 2 unspecified atom stereocenters. The molecule has 2 atom stereocenters. The zero-order chi connectivity index (χ0) is 14.0. The molecule has 1 aliphatic carbocycles. The minimum Gasteiger partial charge on any atom is -0.271 e. The molecule has 3 heteroatoms. The van der Waals surface area contributed by atoms with Gasteiger partial charge in [-0.25, -0.2) is 4.39 Å². The van der Waals surface area contributed by atoms with E-state index in [-0.39, 0.29) is 17.3 Å². The Kier molecular flexibility index (Phi) is 4.26. The molecule has 0 spiro atoms. The summed E-state index contributed by atoms with van der Waals surface area (Å²) >= 11 is 0. The molecule has 3 N–H and O–H groups in total. The van der Waals surface area contributed by atoms with E-state index in [1.165, 1.54) is 31.7 Å². The molecule has 106 valence electrons. The van der Waals surface area contributed by atoms with Gasteiger partial charge in [0.25, 0.3) is 0 Å². The summed E-state index contributed by atoms with van der Waals surface area (Å²) in [6.07, 6.45) is 4.96. The number of aryl methyl sites for hydroxylation is 1. The van der Waals surface area contributed by atoms with Gasteiger partial charge < -0.3 is 0 Å². The first-order valence-electron chi connectivity index (χ1n) is 7.18. The van der Waals surface area contributed by atoms with Gasteiger partial charge in [-0.05, 0) is 54.4 Å². The molecular weight excluding hydrogens is 239 g/mol. The lowest BCUT2D eigenvalue weighted by Crippen LogP contribution is -2.42. The Balaban J connectivity index is 2.33. The van der Waals surface area contributed by atoms with Crippen molar-refractivity contribution < 1.29 is 4.39 Å². The maximum atomic E-state index is 13.3. The Morgan fingerprint density at radius 3 is 2.68 bits per heavy atom. The Bertz CT molecular complexity index is 442. The van der Waals surface area contributed by atoms with Crippen LogP contribution in [0.5, 0.6) is 0 Å². The summed E-state index contributed by atoms with van der Waals surface area (Å²) in [5, 5.41) is 0. The first-order valence-corrected chi connectivity index (χ1v) is 7.18. The molecule has 0 amide bonds. The summed E-state index contributed by atoms with van der Waals surface area (Å²) in [5.41, 5.74) is 5.36. The summed E-state index contributed by atoms with van der Waals surface area (Å²) in [6, 6.07) is 5.11. The number of nitrogens with one attached hydrogen (secondary N) is 1. The summed E-state index contributed by atoms with van der Waals surface area (Å²) in [4.78, 5) is 0. The van der Waals surface area contributed by atoms with Gasteiger partial charge in [-0.1, -0.05) is 32.8 Å². The highest BCUT2D eigenvalue weighted by Crippen LogP contribution is 2.46. The van der Waals surface area contributed by atoms with Crippen LogP contribution >= 0.6 is 0 Å². The lowest BCUT2D eigenvalue weighted by atomic mass is 9.64. The molecule has 0 saturated heterocycles. The van der Waals surface area contributed by atoms with Gasteiger partial charge in [0.05, 0.1) is 0 Å². The van der Waals surface area contributed by atoms with E-state index in [4.69, 9.17) is 5.84 Å². The summed E-state index contributed by atoms with van der Waals surface area (Å²) in [5.74, 6) is 6.14. The molecule has 1 aliphatic rings. The smallest absolute Gasteiger partial charge is 0.123 e. The van der Waals surface area contributed by atoms with Gasteiger partial charge in [0, 0.05) is 6.04 Å². The van der Waals surface area contributed by atoms with Crippen LogP contribution in [0.15, 0.2) is 18.2 Å². The van der Waals surface area contributed by atoms with Crippen molar-refractivity contribution in [2.45, 2.75) is 52.5 Å². The van der Waals surface area contributed by atoms with E-state index in [1.807, 2.05) is 13.0 Å². The SMILES string of the molecule is Cc1cc(F)ccc1C(NN)C1CCCCC1(C)C. The van der Waals surface area contributed by atoms with Crippen LogP contribution in [0.25, 0.3) is 0 Å². The van der Waals surface area contributed by atoms with Gasteiger partial charge in [-0.3, -0.25) is 11.3 Å². The Labute approximate surface area is 115 Å². The monoisotopic (exact) mass is 264 g/mol. The first kappa shape index (κ1) is 14.5. The fraction of sp³-hybridized carbons (Fsp3) is 0.625. The molecule has 1 saturated carbocycles. The number of halogens is 1. The zero-order valence-corrected chi connectivity index (χ0v) is 12.2. The van der Waals surface area contributed by atoms with Crippen molar-refractivity contribution in [3.8, 4) is 0 Å². The zero-order valence-electron chi connectivity index (χ0n) is 12.2. The highest BCUT2D eigenvalue weighted by atomic mass is 19.1. The van der Waals surface area contributed by atoms with Crippen LogP contribution in [0.3, 0.4) is 0 Å². The van der Waals surface area contributed by atoms with E-state index >= 15 is 0 Å². The second kappa shape index (κ2) is 5.59. The molecule has 1 fully saturated rings. The standard InChI is InChI=1S/C16H25FN2/c1-11-10-12(17)7-8-13(11)15(19-18)14-6-4-5-9-16(14,2)3/h7-8,10,14-15,19H,4-6,9,18H2,1-3H3. The third-order valence-electron chi connectivity index (χ3n) is 4.74. The minimum absolute atomic E-state index is 0.107. The van der Waals surface area contributed by atoms with E-state index < -0.39 is 0 Å². The number of hydrogen-bond donors (Lipinski definition) is 2. The number of hydrogen-bond acceptors (Lipinski definition) is 2. The number of hydrazine groups is 1. The number of benzene rings is 1. The van der Waals surface area contributed by atoms with Crippen LogP contribution in [0.1, 0.15) is 56.7 Å². The van der Waals surface area contributed by atoms with Gasteiger partial charge in [0.2, 0.25) is 0 Å². The average molecular weight is 264 g/mol. The van der Waals surface area contributed by atoms with Crippen molar-refractivity contribution in [1.82, 2.24) is 5.43 Å². The van der Waals surface area contributed by atoms with E-state index in [0.717, 1.165) is 11.1 Å². The molecule has 0 aliphatic heterocycles. The Morgan fingerprint density at radius 1 is 1.37 bits per heavy atom. The highest BCUT2D eigenvalue weighted by molar-refractivity contribution is 5.30. The van der Waals surface area contributed by atoms with Crippen molar-refractivity contribution in [3.63, 3.8) is 0 Å². The molecule has 2 nitrogen and oxygen atoms in total. The Morgan fingerprint density at radius 2 is 2.11 bits per heavy atom. The Hall–Kier alpha value is -0.930. The topological polar surface area (TPSA) is 38.0 Å². The predicted molar refractivity (Wildman–Crippen MR) is 76.9 cm³/mol. The molecule has 2 rings (SSSR count). The van der Waals surface area contributed by atoms with Gasteiger partial charge in [-0.15, -0.1) is 0 Å². The maximum absolute atomic E-state index is 13.3. The molecule has 1 aromatic rings. The summed E-state index contributed by atoms with van der Waals surface area (Å²) in [7, 11) is 0. The molecular formula is C16H25FN2. The van der Waals surface area contributed by atoms with E-state index in [9.17, 15) is 4.39 Å². The van der Waals surface area contributed by atoms with Crippen LogP contribution in [-0.2, 0) is 0 Å². The summed E-state index contributed by atoms with van der Waals surface area (Å²) < 4.78 is 13.3. The lowest BCUT2D eigenvalue weighted by molar-refractivity contribution is 0.0980. The van der Waals surface area contributed by atoms with E-state index in [2.05, 4.69) is 19.3 Å². The summed E-state index contributed by atoms with van der Waals surface area (Å²) in [6.45, 7) is 6.60. The van der Waals surface area contributed by atoms with Crippen molar-refractivity contribution in [1.29, 1.82) is 0 Å². The van der Waals surface area contributed by atoms with Gasteiger partial charge in [0.1, 0.15) is 5.82 Å². The number of rotatable bonds is 3. The van der Waals surface area contributed by atoms with Crippen LogP contribution in [0, 0.1) is 24.1 Å². The maximum Gasteiger partial charge on any atom is 0.123 e. The fourth-order valence-corrected chi connectivity index (χ4v) is 3.55. The number of nitrogens with two attached hydrogens (primary N) is 1. The van der Waals surface area contributed by atoms with Crippen molar-refractivity contribution >= 4 is 0 Å². The largest absolute Gasteiger partial charge is 0.271 e. The van der Waals surface area contributed by atoms with Crippen molar-refractivity contribution in [2.24, 2.45) is 17.2 Å². The van der Waals surface area contributed by atoms with Gasteiger partial charge in [-0.2, -0.15) is 0 Å². The molecule has 0 heterocycles. The average Bonchev–Trinajstić information content (AvgIpc) is 2.34. The minimum atomic E-state index is -0.181.